The molecule has 1 aromatic heterocycles. The fourth-order valence-electron chi connectivity index (χ4n) is 1.66. The molecule has 0 radical (unpaired) electrons. The minimum Gasteiger partial charge on any atom is -0.463 e. The first-order chi connectivity index (χ1) is 8.82. The van der Waals surface area contributed by atoms with E-state index in [-0.39, 0.29) is 24.7 Å². The third-order valence-electron chi connectivity index (χ3n) is 2.67. The van der Waals surface area contributed by atoms with Gasteiger partial charge < -0.3 is 9.15 Å². The van der Waals surface area contributed by atoms with Crippen LogP contribution in [0.25, 0.3) is 0 Å². The number of methoxy groups -OCH3 is 1. The second kappa shape index (κ2) is 4.63. The highest BCUT2D eigenvalue weighted by Crippen LogP contribution is 2.24. The average Bonchev–Trinajstić information content (AvgIpc) is 2.93. The zero-order chi connectivity index (χ0) is 14.2. The van der Waals surface area contributed by atoms with Gasteiger partial charge in [0.15, 0.2) is 0 Å². The molecule has 1 aliphatic rings. The highest BCUT2D eigenvalue weighted by molar-refractivity contribution is 7.89. The van der Waals surface area contributed by atoms with Crippen LogP contribution in [-0.2, 0) is 19.6 Å². The molecule has 2 heterocycles. The average molecular weight is 289 g/mol. The number of oxazole rings is 1. The van der Waals surface area contributed by atoms with Crippen LogP contribution in [0.1, 0.15) is 17.0 Å². The van der Waals surface area contributed by atoms with Gasteiger partial charge in [0.25, 0.3) is 0 Å². The van der Waals surface area contributed by atoms with Crippen molar-refractivity contribution in [1.29, 1.82) is 0 Å². The molecule has 0 bridgehead atoms. The molecule has 1 aliphatic heterocycles. The molecule has 9 nitrogen and oxygen atoms in total. The van der Waals surface area contributed by atoms with Gasteiger partial charge in [0.1, 0.15) is 5.25 Å². The van der Waals surface area contributed by atoms with E-state index < -0.39 is 27.1 Å². The molecule has 2 rings (SSSR count). The topological polar surface area (TPSA) is 133 Å². The number of anilines is 1. The Morgan fingerprint density at radius 1 is 1.63 bits per heavy atom. The van der Waals surface area contributed by atoms with Crippen molar-refractivity contribution in [3.05, 3.63) is 12.0 Å². The van der Waals surface area contributed by atoms with Crippen molar-refractivity contribution in [1.82, 2.24) is 4.98 Å². The molecule has 19 heavy (non-hydrogen) atoms. The predicted octanol–water partition coefficient (Wildman–Crippen LogP) is -1.14. The van der Waals surface area contributed by atoms with Crippen molar-refractivity contribution >= 4 is 27.9 Å². The van der Waals surface area contributed by atoms with Crippen molar-refractivity contribution in [2.24, 2.45) is 5.14 Å². The summed E-state index contributed by atoms with van der Waals surface area (Å²) in [6.45, 7) is -0.154. The van der Waals surface area contributed by atoms with Crippen LogP contribution in [0.15, 0.2) is 10.6 Å². The Hall–Kier alpha value is -1.94. The Kier molecular flexibility index (Phi) is 3.28. The number of ether oxygens (including phenoxy) is 1. The van der Waals surface area contributed by atoms with Gasteiger partial charge in [0.2, 0.25) is 21.7 Å². The summed E-state index contributed by atoms with van der Waals surface area (Å²) in [5.74, 6) is -1.41. The first kappa shape index (κ1) is 13.5. The second-order valence-corrected chi connectivity index (χ2v) is 5.76. The molecule has 10 heteroatoms. The lowest BCUT2D eigenvalue weighted by molar-refractivity contribution is -0.117. The molecule has 104 valence electrons. The quantitative estimate of drug-likeness (QED) is 0.695. The highest BCUT2D eigenvalue weighted by Gasteiger charge is 2.39. The SMILES string of the molecule is COC(=O)c1cnc(N2CC(S(N)(=O)=O)CC2=O)o1. The van der Waals surface area contributed by atoms with Crippen molar-refractivity contribution in [3.63, 3.8) is 0 Å². The number of nitrogens with two attached hydrogens (primary N) is 1. The van der Waals surface area contributed by atoms with Gasteiger partial charge in [-0.3, -0.25) is 9.69 Å². The maximum Gasteiger partial charge on any atom is 0.375 e. The zero-order valence-corrected chi connectivity index (χ0v) is 10.7. The van der Waals surface area contributed by atoms with E-state index in [9.17, 15) is 18.0 Å². The summed E-state index contributed by atoms with van der Waals surface area (Å²) in [6.07, 6.45) is 0.855. The summed E-state index contributed by atoms with van der Waals surface area (Å²) in [5.41, 5.74) is 0. The lowest BCUT2D eigenvalue weighted by Crippen LogP contribution is -2.32. The third-order valence-corrected chi connectivity index (χ3v) is 3.91. The van der Waals surface area contributed by atoms with Gasteiger partial charge in [-0.15, -0.1) is 0 Å². The van der Waals surface area contributed by atoms with E-state index in [4.69, 9.17) is 9.56 Å². The van der Waals surface area contributed by atoms with E-state index >= 15 is 0 Å². The smallest absolute Gasteiger partial charge is 0.375 e. The van der Waals surface area contributed by atoms with Crippen LogP contribution in [0.2, 0.25) is 0 Å². The van der Waals surface area contributed by atoms with Crippen LogP contribution in [0.5, 0.6) is 0 Å². The van der Waals surface area contributed by atoms with Crippen LogP contribution in [-0.4, -0.2) is 44.2 Å². The molecule has 1 saturated heterocycles. The van der Waals surface area contributed by atoms with E-state index in [2.05, 4.69) is 9.72 Å². The highest BCUT2D eigenvalue weighted by atomic mass is 32.2. The maximum absolute atomic E-state index is 11.7. The molecular weight excluding hydrogens is 278 g/mol. The van der Waals surface area contributed by atoms with Crippen LogP contribution in [0.4, 0.5) is 6.01 Å². The Morgan fingerprint density at radius 3 is 2.84 bits per heavy atom. The third kappa shape index (κ3) is 2.58. The number of hydrogen-bond donors (Lipinski definition) is 1. The Balaban J connectivity index is 2.21. The number of amides is 1. The van der Waals surface area contributed by atoms with E-state index in [1.807, 2.05) is 0 Å². The summed E-state index contributed by atoms with van der Waals surface area (Å²) in [5, 5.41) is 3.98. The Morgan fingerprint density at radius 2 is 2.32 bits per heavy atom. The number of carbonyl (C=O) groups excluding carboxylic acids is 2. The second-order valence-electron chi connectivity index (χ2n) is 3.92. The molecular formula is C9H11N3O6S. The molecule has 1 atom stereocenters. The molecule has 0 spiro atoms. The van der Waals surface area contributed by atoms with Crippen molar-refractivity contribution < 1.29 is 27.2 Å². The summed E-state index contributed by atoms with van der Waals surface area (Å²) < 4.78 is 31.8. The van der Waals surface area contributed by atoms with Crippen molar-refractivity contribution in [2.45, 2.75) is 11.7 Å². The van der Waals surface area contributed by atoms with Gasteiger partial charge in [-0.25, -0.2) is 23.3 Å². The minimum atomic E-state index is -3.81. The summed E-state index contributed by atoms with van der Waals surface area (Å²) in [6, 6.07) is -0.156. The van der Waals surface area contributed by atoms with Gasteiger partial charge in [0, 0.05) is 13.0 Å². The van der Waals surface area contributed by atoms with Crippen LogP contribution in [0.3, 0.4) is 0 Å². The molecule has 1 amide bonds. The molecule has 0 aliphatic carbocycles. The number of sulfonamides is 1. The number of nitrogens with zero attached hydrogens (tertiary/aromatic N) is 2. The van der Waals surface area contributed by atoms with Gasteiger partial charge in [-0.2, -0.15) is 0 Å². The van der Waals surface area contributed by atoms with E-state index in [1.165, 1.54) is 7.11 Å². The van der Waals surface area contributed by atoms with E-state index in [0.717, 1.165) is 11.1 Å². The minimum absolute atomic E-state index is 0.154. The van der Waals surface area contributed by atoms with Gasteiger partial charge in [-0.05, 0) is 0 Å². The Labute approximate surface area is 108 Å². The fraction of sp³-hybridized carbons (Fsp3) is 0.444. The van der Waals surface area contributed by atoms with E-state index in [0.29, 0.717) is 0 Å². The van der Waals surface area contributed by atoms with Gasteiger partial charge >= 0.3 is 12.0 Å². The Bertz CT molecular complexity index is 622. The molecule has 1 aromatic rings. The molecule has 1 fully saturated rings. The standard InChI is InChI=1S/C9H11N3O6S/c1-17-8(14)6-3-11-9(18-6)12-4-5(2-7(12)13)19(10,15)16/h3,5H,2,4H2,1H3,(H2,10,15,16). The predicted molar refractivity (Wildman–Crippen MR) is 61.7 cm³/mol. The lowest BCUT2D eigenvalue weighted by atomic mass is 10.4. The normalized spacial score (nSPS) is 19.8. The van der Waals surface area contributed by atoms with Crippen LogP contribution in [0, 0.1) is 0 Å². The molecule has 0 aromatic carbocycles. The monoisotopic (exact) mass is 289 g/mol. The van der Waals surface area contributed by atoms with Gasteiger partial charge in [-0.1, -0.05) is 0 Å². The van der Waals surface area contributed by atoms with Crippen molar-refractivity contribution in [3.8, 4) is 0 Å². The van der Waals surface area contributed by atoms with Gasteiger partial charge in [0.05, 0.1) is 13.3 Å². The number of primary sulfonamides is 1. The summed E-state index contributed by atoms with van der Waals surface area (Å²) >= 11 is 0. The van der Waals surface area contributed by atoms with Crippen LogP contribution >= 0.6 is 0 Å². The number of carbonyl (C=O) groups is 2. The summed E-state index contributed by atoms with van der Waals surface area (Å²) in [7, 11) is -2.64. The molecule has 1 unspecified atom stereocenters. The number of hydrogen-bond acceptors (Lipinski definition) is 7. The largest absolute Gasteiger partial charge is 0.463 e. The first-order valence-corrected chi connectivity index (χ1v) is 6.80. The van der Waals surface area contributed by atoms with E-state index in [1.54, 1.807) is 0 Å². The van der Waals surface area contributed by atoms with Crippen LogP contribution < -0.4 is 10.0 Å². The number of esters is 1. The zero-order valence-electron chi connectivity index (χ0n) is 9.90. The molecule has 2 N–H and O–H groups in total. The maximum atomic E-state index is 11.7. The number of aromatic nitrogens is 1. The fourth-order valence-corrected chi connectivity index (χ4v) is 2.40. The first-order valence-electron chi connectivity index (χ1n) is 5.19. The van der Waals surface area contributed by atoms with Crippen molar-refractivity contribution in [2.75, 3.05) is 18.6 Å². The lowest BCUT2D eigenvalue weighted by Gasteiger charge is -2.10. The number of rotatable bonds is 3. The summed E-state index contributed by atoms with van der Waals surface area (Å²) in [4.78, 5) is 27.6. The molecule has 0 saturated carbocycles.